The minimum atomic E-state index is -3.63. The van der Waals surface area contributed by atoms with Crippen molar-refractivity contribution in [1.82, 2.24) is 14.5 Å². The lowest BCUT2D eigenvalue weighted by atomic mass is 10.0. The molecule has 3 aromatic rings. The van der Waals surface area contributed by atoms with E-state index in [9.17, 15) is 13.2 Å². The molecular weight excluding hydrogens is 426 g/mol. The quantitative estimate of drug-likeness (QED) is 0.595. The van der Waals surface area contributed by atoms with Gasteiger partial charge in [-0.3, -0.25) is 9.69 Å². The number of carbonyl (C=O) groups excluding carboxylic acids is 1. The van der Waals surface area contributed by atoms with Gasteiger partial charge in [-0.05, 0) is 68.0 Å². The third-order valence-corrected chi connectivity index (χ3v) is 7.66. The molecule has 0 unspecified atom stereocenters. The Hall–Kier alpha value is -2.94. The van der Waals surface area contributed by atoms with E-state index in [0.717, 1.165) is 11.3 Å². The fourth-order valence-corrected chi connectivity index (χ4v) is 5.33. The number of sulfonamides is 1. The average Bonchev–Trinajstić information content (AvgIpc) is 3.33. The third-order valence-electron chi connectivity index (χ3n) is 5.80. The van der Waals surface area contributed by atoms with Gasteiger partial charge < -0.3 is 9.73 Å². The fourth-order valence-electron chi connectivity index (χ4n) is 3.91. The Morgan fingerprint density at radius 1 is 1.06 bits per heavy atom. The summed E-state index contributed by atoms with van der Waals surface area (Å²) in [6.07, 6.45) is 2.30. The van der Waals surface area contributed by atoms with Crippen LogP contribution in [0.3, 0.4) is 0 Å². The lowest BCUT2D eigenvalue weighted by molar-refractivity contribution is 0.0939. The molecule has 32 heavy (non-hydrogen) atoms. The summed E-state index contributed by atoms with van der Waals surface area (Å²) in [6, 6.07) is 17.6. The minimum absolute atomic E-state index is 0.101. The van der Waals surface area contributed by atoms with Crippen LogP contribution in [-0.2, 0) is 23.0 Å². The molecule has 0 radical (unpaired) electrons. The molecule has 1 aliphatic rings. The second-order valence-corrected chi connectivity index (χ2v) is 10.0. The highest BCUT2D eigenvalue weighted by atomic mass is 32.2. The maximum atomic E-state index is 13.1. The number of rotatable bonds is 7. The Kier molecular flexibility index (Phi) is 6.45. The number of likely N-dealkylation sites (N-methyl/N-ethyl adjacent to an activating group) is 1. The second kappa shape index (κ2) is 9.28. The molecule has 0 bridgehead atoms. The highest BCUT2D eigenvalue weighted by molar-refractivity contribution is 7.89. The Morgan fingerprint density at radius 2 is 1.78 bits per heavy atom. The molecule has 7 nitrogen and oxygen atoms in total. The molecule has 1 aromatic heterocycles. The molecule has 0 spiro atoms. The smallest absolute Gasteiger partial charge is 0.251 e. The fraction of sp³-hybridized carbons (Fsp3) is 0.292. The van der Waals surface area contributed by atoms with E-state index in [-0.39, 0.29) is 16.8 Å². The maximum Gasteiger partial charge on any atom is 0.251 e. The van der Waals surface area contributed by atoms with E-state index in [0.29, 0.717) is 31.6 Å². The van der Waals surface area contributed by atoms with Gasteiger partial charge in [0.2, 0.25) is 10.0 Å². The van der Waals surface area contributed by atoms with Crippen molar-refractivity contribution < 1.29 is 17.6 Å². The van der Waals surface area contributed by atoms with Gasteiger partial charge >= 0.3 is 0 Å². The zero-order valence-corrected chi connectivity index (χ0v) is 19.0. The maximum absolute atomic E-state index is 13.1. The summed E-state index contributed by atoms with van der Waals surface area (Å²) in [5.41, 5.74) is 2.63. The summed E-state index contributed by atoms with van der Waals surface area (Å²) in [7, 11) is 0.198. The summed E-state index contributed by atoms with van der Waals surface area (Å²) >= 11 is 0. The summed E-state index contributed by atoms with van der Waals surface area (Å²) in [6.45, 7) is 1.17. The van der Waals surface area contributed by atoms with Crippen molar-refractivity contribution in [2.45, 2.75) is 23.9 Å². The molecule has 0 saturated carbocycles. The molecule has 1 amide bonds. The van der Waals surface area contributed by atoms with E-state index >= 15 is 0 Å². The number of fused-ring (bicyclic) bond motifs is 1. The highest BCUT2D eigenvalue weighted by Crippen LogP contribution is 2.25. The van der Waals surface area contributed by atoms with E-state index in [4.69, 9.17) is 4.42 Å². The predicted octanol–water partition coefficient (Wildman–Crippen LogP) is 3.06. The zero-order chi connectivity index (χ0) is 22.7. The Morgan fingerprint density at radius 3 is 2.44 bits per heavy atom. The van der Waals surface area contributed by atoms with Crippen LogP contribution in [0.25, 0.3) is 0 Å². The molecular formula is C24H27N3O4S. The molecule has 168 valence electrons. The SMILES string of the molecule is CN(C)[C@H](CNC(=O)c1ccc(S(=O)(=O)N2CCc3ccccc3C2)cc1)c1ccco1. The molecule has 0 fully saturated rings. The van der Waals surface area contributed by atoms with Crippen molar-refractivity contribution in [2.75, 3.05) is 27.2 Å². The Bertz CT molecular complexity index is 1170. The number of carbonyl (C=O) groups is 1. The van der Waals surface area contributed by atoms with Crippen molar-refractivity contribution in [3.8, 4) is 0 Å². The third kappa shape index (κ3) is 4.62. The van der Waals surface area contributed by atoms with Crippen LogP contribution < -0.4 is 5.32 Å². The second-order valence-electron chi connectivity index (χ2n) is 8.09. The van der Waals surface area contributed by atoms with Crippen LogP contribution in [0.4, 0.5) is 0 Å². The van der Waals surface area contributed by atoms with Crippen LogP contribution in [0.1, 0.15) is 33.3 Å². The van der Waals surface area contributed by atoms with Crippen molar-refractivity contribution in [1.29, 1.82) is 0 Å². The summed E-state index contributed by atoms with van der Waals surface area (Å²) in [5, 5.41) is 2.90. The lowest BCUT2D eigenvalue weighted by Gasteiger charge is -2.28. The first kappa shape index (κ1) is 22.3. The number of hydrogen-bond acceptors (Lipinski definition) is 5. The number of amides is 1. The van der Waals surface area contributed by atoms with Gasteiger partial charge in [0, 0.05) is 25.2 Å². The van der Waals surface area contributed by atoms with Crippen LogP contribution in [0, 0.1) is 0 Å². The lowest BCUT2D eigenvalue weighted by Crippen LogP contribution is -2.36. The van der Waals surface area contributed by atoms with Gasteiger partial charge in [0.1, 0.15) is 5.76 Å². The first-order valence-electron chi connectivity index (χ1n) is 10.5. The Balaban J connectivity index is 1.43. The molecule has 0 aliphatic carbocycles. The minimum Gasteiger partial charge on any atom is -0.468 e. The molecule has 2 aromatic carbocycles. The summed E-state index contributed by atoms with van der Waals surface area (Å²) in [5.74, 6) is 0.499. The van der Waals surface area contributed by atoms with E-state index < -0.39 is 10.0 Å². The van der Waals surface area contributed by atoms with Gasteiger partial charge in [0.25, 0.3) is 5.91 Å². The molecule has 1 atom stereocenters. The van der Waals surface area contributed by atoms with Crippen LogP contribution in [0.15, 0.2) is 76.2 Å². The zero-order valence-electron chi connectivity index (χ0n) is 18.2. The number of benzene rings is 2. The van der Waals surface area contributed by atoms with Crippen LogP contribution in [0.5, 0.6) is 0 Å². The van der Waals surface area contributed by atoms with E-state index in [1.165, 1.54) is 22.0 Å². The molecule has 2 heterocycles. The van der Waals surface area contributed by atoms with Crippen molar-refractivity contribution >= 4 is 15.9 Å². The normalized spacial score (nSPS) is 15.3. The summed E-state index contributed by atoms with van der Waals surface area (Å²) in [4.78, 5) is 14.8. The first-order chi connectivity index (χ1) is 15.4. The molecule has 8 heteroatoms. The largest absolute Gasteiger partial charge is 0.468 e. The average molecular weight is 454 g/mol. The van der Waals surface area contributed by atoms with E-state index in [2.05, 4.69) is 5.32 Å². The summed E-state index contributed by atoms with van der Waals surface area (Å²) < 4.78 is 33.2. The van der Waals surface area contributed by atoms with Crippen molar-refractivity contribution in [3.05, 3.63) is 89.4 Å². The monoisotopic (exact) mass is 453 g/mol. The highest BCUT2D eigenvalue weighted by Gasteiger charge is 2.28. The van der Waals surface area contributed by atoms with E-state index in [1.54, 1.807) is 18.4 Å². The van der Waals surface area contributed by atoms with Gasteiger partial charge in [-0.25, -0.2) is 8.42 Å². The van der Waals surface area contributed by atoms with E-state index in [1.807, 2.05) is 55.4 Å². The van der Waals surface area contributed by atoms with Crippen LogP contribution in [0.2, 0.25) is 0 Å². The van der Waals surface area contributed by atoms with Gasteiger partial charge in [-0.2, -0.15) is 4.31 Å². The standard InChI is InChI=1S/C24H27N3O4S/c1-26(2)22(23-8-5-15-31-23)16-25-24(28)19-9-11-21(12-10-19)32(29,30)27-14-13-18-6-3-4-7-20(18)17-27/h3-12,15,22H,13-14,16-17H2,1-2H3,(H,25,28)/t22-/m1/s1. The molecule has 1 N–H and O–H groups in total. The van der Waals surface area contributed by atoms with Crippen LogP contribution in [-0.4, -0.2) is 50.7 Å². The first-order valence-corrected chi connectivity index (χ1v) is 12.0. The molecule has 1 aliphatic heterocycles. The Labute approximate surface area is 188 Å². The van der Waals surface area contributed by atoms with Crippen molar-refractivity contribution in [3.63, 3.8) is 0 Å². The number of nitrogens with zero attached hydrogens (tertiary/aromatic N) is 2. The van der Waals surface area contributed by atoms with Crippen LogP contribution >= 0.6 is 0 Å². The number of nitrogens with one attached hydrogen (secondary N) is 1. The number of furan rings is 1. The van der Waals surface area contributed by atoms with Gasteiger partial charge in [0.15, 0.2) is 0 Å². The number of hydrogen-bond donors (Lipinski definition) is 1. The predicted molar refractivity (Wildman–Crippen MR) is 122 cm³/mol. The topological polar surface area (TPSA) is 82.9 Å². The van der Waals surface area contributed by atoms with Crippen molar-refractivity contribution in [2.24, 2.45) is 0 Å². The molecule has 4 rings (SSSR count). The van der Waals surface area contributed by atoms with Gasteiger partial charge in [-0.15, -0.1) is 0 Å². The molecule has 0 saturated heterocycles. The van der Waals surface area contributed by atoms with Gasteiger partial charge in [0.05, 0.1) is 17.2 Å². The van der Waals surface area contributed by atoms with Gasteiger partial charge in [-0.1, -0.05) is 24.3 Å².